The SMILES string of the molecule is O=C(O)C(=O)c1cn(CCCO)c2ccccc12. The molecule has 0 fully saturated rings. The molecule has 0 saturated heterocycles. The number of hydrogen-bond acceptors (Lipinski definition) is 3. The molecule has 0 spiro atoms. The van der Waals surface area contributed by atoms with Crippen molar-refractivity contribution in [3.8, 4) is 0 Å². The maximum Gasteiger partial charge on any atom is 0.377 e. The van der Waals surface area contributed by atoms with Gasteiger partial charge in [-0.15, -0.1) is 0 Å². The van der Waals surface area contributed by atoms with E-state index in [1.807, 2.05) is 12.1 Å². The van der Waals surface area contributed by atoms with Crippen molar-refractivity contribution in [1.29, 1.82) is 0 Å². The van der Waals surface area contributed by atoms with Crippen molar-refractivity contribution in [3.63, 3.8) is 0 Å². The van der Waals surface area contributed by atoms with Crippen LogP contribution in [0.25, 0.3) is 10.9 Å². The molecule has 1 aromatic heterocycles. The number of carbonyl (C=O) groups is 2. The van der Waals surface area contributed by atoms with Crippen molar-refractivity contribution in [3.05, 3.63) is 36.0 Å². The van der Waals surface area contributed by atoms with E-state index < -0.39 is 11.8 Å². The molecule has 1 heterocycles. The van der Waals surface area contributed by atoms with Crippen molar-refractivity contribution in [2.24, 2.45) is 0 Å². The molecule has 0 unspecified atom stereocenters. The number of carboxylic acid groups (broad SMARTS) is 1. The van der Waals surface area contributed by atoms with E-state index in [-0.39, 0.29) is 12.2 Å². The van der Waals surface area contributed by atoms with Crippen LogP contribution in [0.4, 0.5) is 0 Å². The lowest BCUT2D eigenvalue weighted by atomic mass is 10.1. The number of ketones is 1. The number of benzene rings is 1. The molecule has 0 amide bonds. The molecule has 2 N–H and O–H groups in total. The fourth-order valence-electron chi connectivity index (χ4n) is 1.97. The number of para-hydroxylation sites is 1. The zero-order valence-electron chi connectivity index (χ0n) is 9.67. The zero-order valence-corrected chi connectivity index (χ0v) is 9.67. The predicted molar refractivity (Wildman–Crippen MR) is 65.6 cm³/mol. The first-order valence-electron chi connectivity index (χ1n) is 5.61. The number of rotatable bonds is 5. The highest BCUT2D eigenvalue weighted by Gasteiger charge is 2.20. The van der Waals surface area contributed by atoms with Crippen LogP contribution in [-0.2, 0) is 11.3 Å². The number of Topliss-reactive ketones (excluding diaryl/α,β-unsaturated/α-hetero) is 1. The fraction of sp³-hybridized carbons (Fsp3) is 0.231. The third-order valence-corrected chi connectivity index (χ3v) is 2.78. The average Bonchev–Trinajstić information content (AvgIpc) is 2.74. The second-order valence-corrected chi connectivity index (χ2v) is 3.96. The van der Waals surface area contributed by atoms with E-state index >= 15 is 0 Å². The summed E-state index contributed by atoms with van der Waals surface area (Å²) >= 11 is 0. The Balaban J connectivity index is 2.54. The normalized spacial score (nSPS) is 10.7. The molecule has 0 aliphatic rings. The average molecular weight is 247 g/mol. The van der Waals surface area contributed by atoms with Crippen molar-refractivity contribution in [2.75, 3.05) is 6.61 Å². The number of aromatic nitrogens is 1. The Bertz CT molecular complexity index is 600. The number of hydrogen-bond donors (Lipinski definition) is 2. The Labute approximate surface area is 103 Å². The lowest BCUT2D eigenvalue weighted by molar-refractivity contribution is -0.131. The first-order valence-corrected chi connectivity index (χ1v) is 5.61. The number of carboxylic acids is 1. The summed E-state index contributed by atoms with van der Waals surface area (Å²) in [5.74, 6) is -2.37. The summed E-state index contributed by atoms with van der Waals surface area (Å²) < 4.78 is 1.79. The molecule has 0 bridgehead atoms. The Hall–Kier alpha value is -2.14. The van der Waals surface area contributed by atoms with E-state index in [1.54, 1.807) is 16.7 Å². The number of aliphatic hydroxyl groups is 1. The summed E-state index contributed by atoms with van der Waals surface area (Å²) in [6.45, 7) is 0.596. The molecule has 0 aliphatic heterocycles. The lowest BCUT2D eigenvalue weighted by Crippen LogP contribution is -2.12. The molecule has 1 aromatic carbocycles. The summed E-state index contributed by atoms with van der Waals surface area (Å²) in [6, 6.07) is 7.14. The number of aliphatic carboxylic acids is 1. The summed E-state index contributed by atoms with van der Waals surface area (Å²) in [4.78, 5) is 22.4. The molecule has 0 aliphatic carbocycles. The number of carbonyl (C=O) groups excluding carboxylic acids is 1. The van der Waals surface area contributed by atoms with Crippen LogP contribution < -0.4 is 0 Å². The zero-order chi connectivity index (χ0) is 13.1. The van der Waals surface area contributed by atoms with Gasteiger partial charge in [0.15, 0.2) is 0 Å². The Morgan fingerprint density at radius 1 is 1.22 bits per heavy atom. The van der Waals surface area contributed by atoms with Gasteiger partial charge in [-0.05, 0) is 12.5 Å². The molecule has 2 rings (SSSR count). The van der Waals surface area contributed by atoms with Crippen LogP contribution in [0, 0.1) is 0 Å². The van der Waals surface area contributed by atoms with E-state index in [0.29, 0.717) is 18.4 Å². The molecular formula is C13H13NO4. The summed E-state index contributed by atoms with van der Waals surface area (Å²) in [7, 11) is 0. The molecule has 0 saturated carbocycles. The van der Waals surface area contributed by atoms with E-state index in [0.717, 1.165) is 5.52 Å². The molecule has 94 valence electrons. The third-order valence-electron chi connectivity index (χ3n) is 2.78. The first-order chi connectivity index (χ1) is 8.65. The van der Waals surface area contributed by atoms with E-state index in [2.05, 4.69) is 0 Å². The van der Waals surface area contributed by atoms with E-state index in [4.69, 9.17) is 10.2 Å². The summed E-state index contributed by atoms with van der Waals surface area (Å²) in [5.41, 5.74) is 0.992. The van der Waals surface area contributed by atoms with Gasteiger partial charge >= 0.3 is 5.97 Å². The molecule has 5 nitrogen and oxygen atoms in total. The smallest absolute Gasteiger partial charge is 0.377 e. The molecule has 0 radical (unpaired) electrons. The summed E-state index contributed by atoms with van der Waals surface area (Å²) in [5, 5.41) is 18.2. The van der Waals surface area contributed by atoms with Crippen LogP contribution in [-0.4, -0.2) is 33.1 Å². The monoisotopic (exact) mass is 247 g/mol. The molecule has 0 atom stereocenters. The van der Waals surface area contributed by atoms with Gasteiger partial charge in [-0.3, -0.25) is 4.79 Å². The minimum Gasteiger partial charge on any atom is -0.475 e. The van der Waals surface area contributed by atoms with Crippen LogP contribution in [0.2, 0.25) is 0 Å². The molecule has 2 aromatic rings. The maximum atomic E-state index is 11.6. The van der Waals surface area contributed by atoms with Crippen LogP contribution in [0.15, 0.2) is 30.5 Å². The van der Waals surface area contributed by atoms with Crippen LogP contribution in [0.3, 0.4) is 0 Å². The number of aliphatic hydroxyl groups excluding tert-OH is 1. The second-order valence-electron chi connectivity index (χ2n) is 3.96. The largest absolute Gasteiger partial charge is 0.475 e. The minimum absolute atomic E-state index is 0.0503. The van der Waals surface area contributed by atoms with Gasteiger partial charge in [0, 0.05) is 30.3 Å². The highest BCUT2D eigenvalue weighted by molar-refractivity contribution is 6.42. The van der Waals surface area contributed by atoms with Crippen molar-refractivity contribution in [1.82, 2.24) is 4.57 Å². The van der Waals surface area contributed by atoms with Crippen LogP contribution in [0.5, 0.6) is 0 Å². The maximum absolute atomic E-state index is 11.6. The highest BCUT2D eigenvalue weighted by atomic mass is 16.4. The van der Waals surface area contributed by atoms with Gasteiger partial charge in [0.25, 0.3) is 5.78 Å². The van der Waals surface area contributed by atoms with Gasteiger partial charge < -0.3 is 14.8 Å². The molecular weight excluding hydrogens is 234 g/mol. The van der Waals surface area contributed by atoms with E-state index in [9.17, 15) is 9.59 Å². The van der Waals surface area contributed by atoms with Gasteiger partial charge in [-0.2, -0.15) is 0 Å². The molecule has 18 heavy (non-hydrogen) atoms. The summed E-state index contributed by atoms with van der Waals surface area (Å²) in [6.07, 6.45) is 2.09. The standard InChI is InChI=1S/C13H13NO4/c15-7-3-6-14-8-10(12(16)13(17)18)9-4-1-2-5-11(9)14/h1-2,4-5,8,15H,3,6-7H2,(H,17,18). The van der Waals surface area contributed by atoms with Crippen LogP contribution >= 0.6 is 0 Å². The van der Waals surface area contributed by atoms with Gasteiger partial charge in [0.2, 0.25) is 0 Å². The number of nitrogens with zero attached hydrogens (tertiary/aromatic N) is 1. The van der Waals surface area contributed by atoms with Gasteiger partial charge in [-0.1, -0.05) is 18.2 Å². The highest BCUT2D eigenvalue weighted by Crippen LogP contribution is 2.22. The van der Waals surface area contributed by atoms with Crippen molar-refractivity contribution in [2.45, 2.75) is 13.0 Å². The lowest BCUT2D eigenvalue weighted by Gasteiger charge is -2.02. The van der Waals surface area contributed by atoms with Gasteiger partial charge in [-0.25, -0.2) is 4.79 Å². The fourth-order valence-corrected chi connectivity index (χ4v) is 1.97. The second kappa shape index (κ2) is 5.01. The van der Waals surface area contributed by atoms with Gasteiger partial charge in [0.05, 0.1) is 5.56 Å². The Kier molecular flexibility index (Phi) is 3.43. The number of aryl methyl sites for hydroxylation is 1. The Morgan fingerprint density at radius 3 is 2.61 bits per heavy atom. The minimum atomic E-state index is -1.46. The van der Waals surface area contributed by atoms with Crippen molar-refractivity contribution < 1.29 is 19.8 Å². The quantitative estimate of drug-likeness (QED) is 0.616. The predicted octanol–water partition coefficient (Wildman–Crippen LogP) is 1.29. The first kappa shape index (κ1) is 12.3. The Morgan fingerprint density at radius 2 is 1.94 bits per heavy atom. The topological polar surface area (TPSA) is 79.5 Å². The molecule has 5 heteroatoms. The van der Waals surface area contributed by atoms with Gasteiger partial charge in [0.1, 0.15) is 0 Å². The van der Waals surface area contributed by atoms with Crippen molar-refractivity contribution >= 4 is 22.7 Å². The van der Waals surface area contributed by atoms with E-state index in [1.165, 1.54) is 6.20 Å². The number of fused-ring (bicyclic) bond motifs is 1. The van der Waals surface area contributed by atoms with Crippen LogP contribution in [0.1, 0.15) is 16.8 Å². The third kappa shape index (κ3) is 2.12.